The van der Waals surface area contributed by atoms with Crippen molar-refractivity contribution in [3.63, 3.8) is 0 Å². The van der Waals surface area contributed by atoms with Gasteiger partial charge in [-0.05, 0) is 50.4 Å². The first-order chi connectivity index (χ1) is 9.47. The Balaban J connectivity index is 1.95. The first-order valence-corrected chi connectivity index (χ1v) is 6.88. The molecular formula is C15H18F3NO. The van der Waals surface area contributed by atoms with Crippen LogP contribution in [0.15, 0.2) is 24.3 Å². The molecular weight excluding hydrogens is 267 g/mol. The lowest BCUT2D eigenvalue weighted by molar-refractivity contribution is -0.137. The SMILES string of the molecule is O=C(CCC1CCCNC1)c1cccc(C(F)(F)F)c1. The van der Waals surface area contributed by atoms with Gasteiger partial charge in [-0.2, -0.15) is 13.2 Å². The van der Waals surface area contributed by atoms with Gasteiger partial charge >= 0.3 is 6.18 Å². The van der Waals surface area contributed by atoms with E-state index in [9.17, 15) is 18.0 Å². The zero-order chi connectivity index (χ0) is 14.6. The number of halogens is 3. The smallest absolute Gasteiger partial charge is 0.316 e. The maximum absolute atomic E-state index is 12.6. The summed E-state index contributed by atoms with van der Waals surface area (Å²) in [5.41, 5.74) is -0.605. The van der Waals surface area contributed by atoms with Crippen LogP contribution < -0.4 is 5.32 Å². The highest BCUT2D eigenvalue weighted by Crippen LogP contribution is 2.30. The molecule has 5 heteroatoms. The van der Waals surface area contributed by atoms with Crippen LogP contribution in [0.25, 0.3) is 0 Å². The van der Waals surface area contributed by atoms with Gasteiger partial charge in [-0.15, -0.1) is 0 Å². The summed E-state index contributed by atoms with van der Waals surface area (Å²) in [5.74, 6) is 0.250. The Morgan fingerprint density at radius 2 is 2.15 bits per heavy atom. The van der Waals surface area contributed by atoms with Crippen molar-refractivity contribution in [2.24, 2.45) is 5.92 Å². The van der Waals surface area contributed by atoms with Crippen LogP contribution in [0.5, 0.6) is 0 Å². The molecule has 0 saturated carbocycles. The summed E-state index contributed by atoms with van der Waals surface area (Å²) in [4.78, 5) is 12.0. The monoisotopic (exact) mass is 285 g/mol. The van der Waals surface area contributed by atoms with Gasteiger partial charge in [0, 0.05) is 12.0 Å². The number of ketones is 1. The number of rotatable bonds is 4. The van der Waals surface area contributed by atoms with Gasteiger partial charge in [0.15, 0.2) is 5.78 Å². The number of hydrogen-bond acceptors (Lipinski definition) is 2. The third-order valence-electron chi connectivity index (χ3n) is 3.69. The highest BCUT2D eigenvalue weighted by molar-refractivity contribution is 5.96. The van der Waals surface area contributed by atoms with Gasteiger partial charge in [0.1, 0.15) is 0 Å². The topological polar surface area (TPSA) is 29.1 Å². The molecule has 0 aliphatic carbocycles. The Kier molecular flexibility index (Phi) is 4.81. The molecule has 1 atom stereocenters. The van der Waals surface area contributed by atoms with Crippen LogP contribution in [0.1, 0.15) is 41.6 Å². The highest BCUT2D eigenvalue weighted by atomic mass is 19.4. The molecule has 2 nitrogen and oxygen atoms in total. The van der Waals surface area contributed by atoms with Crippen molar-refractivity contribution in [2.75, 3.05) is 13.1 Å². The second kappa shape index (κ2) is 6.39. The second-order valence-corrected chi connectivity index (χ2v) is 5.25. The van der Waals surface area contributed by atoms with E-state index in [0.29, 0.717) is 12.3 Å². The van der Waals surface area contributed by atoms with Crippen LogP contribution in [0.4, 0.5) is 13.2 Å². The summed E-state index contributed by atoms with van der Waals surface area (Å²) in [5, 5.41) is 3.27. The second-order valence-electron chi connectivity index (χ2n) is 5.25. The maximum atomic E-state index is 12.6. The van der Waals surface area contributed by atoms with E-state index in [1.165, 1.54) is 12.1 Å². The van der Waals surface area contributed by atoms with Crippen molar-refractivity contribution in [1.82, 2.24) is 5.32 Å². The van der Waals surface area contributed by atoms with Crippen molar-refractivity contribution in [3.05, 3.63) is 35.4 Å². The van der Waals surface area contributed by atoms with Gasteiger partial charge in [-0.25, -0.2) is 0 Å². The quantitative estimate of drug-likeness (QED) is 0.855. The molecule has 1 aliphatic rings. The molecule has 20 heavy (non-hydrogen) atoms. The van der Waals surface area contributed by atoms with E-state index in [4.69, 9.17) is 0 Å². The molecule has 1 aliphatic heterocycles. The molecule has 1 N–H and O–H groups in total. The van der Waals surface area contributed by atoms with E-state index in [0.717, 1.165) is 44.5 Å². The summed E-state index contributed by atoms with van der Waals surface area (Å²) in [6, 6.07) is 4.68. The van der Waals surface area contributed by atoms with E-state index >= 15 is 0 Å². The summed E-state index contributed by atoms with van der Waals surface area (Å²) in [6.07, 6.45) is -1.16. The first-order valence-electron chi connectivity index (χ1n) is 6.88. The van der Waals surface area contributed by atoms with E-state index in [1.54, 1.807) is 0 Å². The lowest BCUT2D eigenvalue weighted by atomic mass is 9.92. The van der Waals surface area contributed by atoms with Crippen molar-refractivity contribution in [1.29, 1.82) is 0 Å². The Morgan fingerprint density at radius 1 is 1.35 bits per heavy atom. The number of benzene rings is 1. The van der Waals surface area contributed by atoms with Crippen molar-refractivity contribution in [2.45, 2.75) is 31.9 Å². The third-order valence-corrected chi connectivity index (χ3v) is 3.69. The minimum absolute atomic E-state index is 0.156. The predicted molar refractivity (Wildman–Crippen MR) is 70.6 cm³/mol. The number of nitrogens with one attached hydrogen (secondary N) is 1. The Hall–Kier alpha value is -1.36. The summed E-state index contributed by atoms with van der Waals surface area (Å²) in [7, 11) is 0. The number of alkyl halides is 3. The van der Waals surface area contributed by atoms with Gasteiger partial charge in [-0.3, -0.25) is 4.79 Å². The number of carbonyl (C=O) groups excluding carboxylic acids is 1. The van der Waals surface area contributed by atoms with Crippen molar-refractivity contribution < 1.29 is 18.0 Å². The van der Waals surface area contributed by atoms with Crippen LogP contribution in [0.2, 0.25) is 0 Å². The zero-order valence-corrected chi connectivity index (χ0v) is 11.2. The third kappa shape index (κ3) is 4.07. The number of carbonyl (C=O) groups is 1. The molecule has 1 heterocycles. The summed E-state index contributed by atoms with van der Waals surface area (Å²) < 4.78 is 37.8. The molecule has 0 radical (unpaired) electrons. The molecule has 1 saturated heterocycles. The number of piperidine rings is 1. The van der Waals surface area contributed by atoms with Crippen LogP contribution in [0, 0.1) is 5.92 Å². The average Bonchev–Trinajstić information content (AvgIpc) is 2.45. The van der Waals surface area contributed by atoms with Gasteiger partial charge in [0.2, 0.25) is 0 Å². The van der Waals surface area contributed by atoms with E-state index < -0.39 is 11.7 Å². The molecule has 1 aromatic rings. The summed E-state index contributed by atoms with van der Waals surface area (Å²) >= 11 is 0. The van der Waals surface area contributed by atoms with Crippen LogP contribution in [-0.2, 0) is 6.18 Å². The van der Waals surface area contributed by atoms with Gasteiger partial charge in [0.25, 0.3) is 0 Å². The standard InChI is InChI=1S/C15H18F3NO/c16-15(17,18)13-5-1-4-12(9-13)14(20)7-6-11-3-2-8-19-10-11/h1,4-5,9,11,19H,2-3,6-8,10H2. The lowest BCUT2D eigenvalue weighted by Crippen LogP contribution is -2.30. The summed E-state index contributed by atoms with van der Waals surface area (Å²) in [6.45, 7) is 1.91. The molecule has 0 amide bonds. The van der Waals surface area contributed by atoms with E-state index in [-0.39, 0.29) is 11.3 Å². The molecule has 1 aromatic carbocycles. The predicted octanol–water partition coefficient (Wildman–Crippen LogP) is 3.67. The molecule has 0 spiro atoms. The van der Waals surface area contributed by atoms with Gasteiger partial charge in [0.05, 0.1) is 5.56 Å². The number of hydrogen-bond donors (Lipinski definition) is 1. The number of Topliss-reactive ketones (excluding diaryl/α,β-unsaturated/α-hetero) is 1. The fourth-order valence-electron chi connectivity index (χ4n) is 2.52. The first kappa shape index (κ1) is 15.0. The largest absolute Gasteiger partial charge is 0.416 e. The molecule has 2 rings (SSSR count). The van der Waals surface area contributed by atoms with Crippen LogP contribution >= 0.6 is 0 Å². The van der Waals surface area contributed by atoms with Crippen LogP contribution in [-0.4, -0.2) is 18.9 Å². The van der Waals surface area contributed by atoms with Crippen molar-refractivity contribution >= 4 is 5.78 Å². The molecule has 1 unspecified atom stereocenters. The Bertz CT molecular complexity index is 464. The Morgan fingerprint density at radius 3 is 2.80 bits per heavy atom. The lowest BCUT2D eigenvalue weighted by Gasteiger charge is -2.22. The minimum Gasteiger partial charge on any atom is -0.316 e. The zero-order valence-electron chi connectivity index (χ0n) is 11.2. The molecule has 0 aromatic heterocycles. The molecule has 1 fully saturated rings. The van der Waals surface area contributed by atoms with Crippen molar-refractivity contribution in [3.8, 4) is 0 Å². The van der Waals surface area contributed by atoms with Gasteiger partial charge < -0.3 is 5.32 Å². The minimum atomic E-state index is -4.40. The normalized spacial score (nSPS) is 19.9. The fraction of sp³-hybridized carbons (Fsp3) is 0.533. The van der Waals surface area contributed by atoms with E-state index in [2.05, 4.69) is 5.32 Å². The molecule has 0 bridgehead atoms. The van der Waals surface area contributed by atoms with Gasteiger partial charge in [-0.1, -0.05) is 12.1 Å². The molecule has 110 valence electrons. The fourth-order valence-corrected chi connectivity index (χ4v) is 2.52. The highest BCUT2D eigenvalue weighted by Gasteiger charge is 2.30. The maximum Gasteiger partial charge on any atom is 0.416 e. The van der Waals surface area contributed by atoms with Crippen LogP contribution in [0.3, 0.4) is 0 Å². The Labute approximate surface area is 116 Å². The average molecular weight is 285 g/mol. The van der Waals surface area contributed by atoms with E-state index in [1.807, 2.05) is 0 Å².